The quantitative estimate of drug-likeness (QED) is 0.728. The van der Waals surface area contributed by atoms with Gasteiger partial charge in [0.1, 0.15) is 0 Å². The zero-order chi connectivity index (χ0) is 19.8. The Hall–Kier alpha value is -2.44. The van der Waals surface area contributed by atoms with Crippen molar-refractivity contribution in [2.75, 3.05) is 6.54 Å². The highest BCUT2D eigenvalue weighted by molar-refractivity contribution is 6.06. The molecule has 27 heavy (non-hydrogen) atoms. The summed E-state index contributed by atoms with van der Waals surface area (Å²) in [4.78, 5) is 29.3. The molecule has 1 fully saturated rings. The molecule has 1 aliphatic rings. The third-order valence-electron chi connectivity index (χ3n) is 5.67. The first-order chi connectivity index (χ1) is 12.8. The minimum absolute atomic E-state index is 0.0794. The number of carboxylic acids is 1. The summed E-state index contributed by atoms with van der Waals surface area (Å²) in [5, 5.41) is 17.2. The van der Waals surface area contributed by atoms with Crippen LogP contribution in [0.2, 0.25) is 0 Å². The monoisotopic (exact) mass is 373 g/mol. The Labute approximate surface area is 158 Å². The SMILES string of the molecule is CCC(CC)(CNC(=O)c1cc(C2CC2)nc2onc(C(C)C)c12)C(=O)O. The summed E-state index contributed by atoms with van der Waals surface area (Å²) in [6.45, 7) is 7.71. The van der Waals surface area contributed by atoms with Crippen molar-refractivity contribution < 1.29 is 19.2 Å². The molecule has 146 valence electrons. The number of rotatable bonds is 8. The van der Waals surface area contributed by atoms with Gasteiger partial charge in [0, 0.05) is 18.2 Å². The molecule has 2 N–H and O–H groups in total. The first-order valence-electron chi connectivity index (χ1n) is 9.64. The number of nitrogens with zero attached hydrogens (tertiary/aromatic N) is 2. The van der Waals surface area contributed by atoms with Crippen LogP contribution in [0, 0.1) is 5.41 Å². The number of carbonyl (C=O) groups excluding carboxylic acids is 1. The number of carbonyl (C=O) groups is 2. The van der Waals surface area contributed by atoms with Crippen LogP contribution in [-0.4, -0.2) is 33.7 Å². The van der Waals surface area contributed by atoms with Crippen molar-refractivity contribution >= 4 is 23.0 Å². The number of aliphatic carboxylic acids is 1. The van der Waals surface area contributed by atoms with E-state index in [-0.39, 0.29) is 18.4 Å². The summed E-state index contributed by atoms with van der Waals surface area (Å²) < 4.78 is 5.41. The molecule has 1 amide bonds. The first kappa shape index (κ1) is 19.3. The minimum Gasteiger partial charge on any atom is -0.481 e. The number of fused-ring (bicyclic) bond motifs is 1. The third-order valence-corrected chi connectivity index (χ3v) is 5.67. The molecule has 0 radical (unpaired) electrons. The Morgan fingerprint density at radius 3 is 2.52 bits per heavy atom. The fraction of sp³-hybridized carbons (Fsp3) is 0.600. The van der Waals surface area contributed by atoms with Gasteiger partial charge in [0.15, 0.2) is 0 Å². The minimum atomic E-state index is -0.962. The lowest BCUT2D eigenvalue weighted by Gasteiger charge is -2.26. The van der Waals surface area contributed by atoms with E-state index in [1.807, 2.05) is 33.8 Å². The highest BCUT2D eigenvalue weighted by atomic mass is 16.5. The fourth-order valence-corrected chi connectivity index (χ4v) is 3.38. The summed E-state index contributed by atoms with van der Waals surface area (Å²) in [5.41, 5.74) is 1.42. The average molecular weight is 373 g/mol. The van der Waals surface area contributed by atoms with Crippen molar-refractivity contribution in [2.24, 2.45) is 5.41 Å². The van der Waals surface area contributed by atoms with E-state index in [0.717, 1.165) is 18.5 Å². The van der Waals surface area contributed by atoms with Gasteiger partial charge in [-0.05, 0) is 37.7 Å². The third kappa shape index (κ3) is 3.55. The molecule has 1 aliphatic carbocycles. The molecule has 2 heterocycles. The Bertz CT molecular complexity index is 863. The fourth-order valence-electron chi connectivity index (χ4n) is 3.38. The maximum atomic E-state index is 13.0. The molecule has 2 aromatic heterocycles. The number of pyridine rings is 1. The molecule has 0 spiro atoms. The van der Waals surface area contributed by atoms with Crippen LogP contribution < -0.4 is 5.32 Å². The molecule has 0 unspecified atom stereocenters. The van der Waals surface area contributed by atoms with Gasteiger partial charge in [-0.1, -0.05) is 32.9 Å². The molecule has 0 saturated heterocycles. The van der Waals surface area contributed by atoms with Crippen molar-refractivity contribution in [1.82, 2.24) is 15.5 Å². The van der Waals surface area contributed by atoms with E-state index in [0.29, 0.717) is 41.1 Å². The van der Waals surface area contributed by atoms with Gasteiger partial charge < -0.3 is 14.9 Å². The van der Waals surface area contributed by atoms with E-state index in [1.165, 1.54) is 0 Å². The van der Waals surface area contributed by atoms with Crippen molar-refractivity contribution in [3.05, 3.63) is 23.0 Å². The molecule has 0 aromatic carbocycles. The molecule has 7 heteroatoms. The Balaban J connectivity index is 1.97. The predicted octanol–water partition coefficient (Wildman–Crippen LogP) is 3.84. The largest absolute Gasteiger partial charge is 0.481 e. The van der Waals surface area contributed by atoms with Crippen molar-refractivity contribution in [1.29, 1.82) is 0 Å². The van der Waals surface area contributed by atoms with Crippen LogP contribution in [0.5, 0.6) is 0 Å². The highest BCUT2D eigenvalue weighted by Gasteiger charge is 2.36. The summed E-state index contributed by atoms with van der Waals surface area (Å²) in [6, 6.07) is 1.82. The van der Waals surface area contributed by atoms with Crippen LogP contribution in [0.15, 0.2) is 10.6 Å². The van der Waals surface area contributed by atoms with E-state index in [4.69, 9.17) is 4.52 Å². The zero-order valence-electron chi connectivity index (χ0n) is 16.3. The van der Waals surface area contributed by atoms with Gasteiger partial charge in [0.2, 0.25) is 0 Å². The highest BCUT2D eigenvalue weighted by Crippen LogP contribution is 2.41. The van der Waals surface area contributed by atoms with E-state index >= 15 is 0 Å². The van der Waals surface area contributed by atoms with Gasteiger partial charge in [-0.3, -0.25) is 9.59 Å². The van der Waals surface area contributed by atoms with E-state index in [1.54, 1.807) is 0 Å². The summed E-state index contributed by atoms with van der Waals surface area (Å²) in [7, 11) is 0. The lowest BCUT2D eigenvalue weighted by Crippen LogP contribution is -2.42. The van der Waals surface area contributed by atoms with Crippen molar-refractivity contribution in [3.8, 4) is 0 Å². The van der Waals surface area contributed by atoms with Crippen molar-refractivity contribution in [3.63, 3.8) is 0 Å². The molecular weight excluding hydrogens is 346 g/mol. The standard InChI is InChI=1S/C20H27N3O4/c1-5-20(6-2,19(25)26)10-21-17(24)13-9-14(12-7-8-12)22-18-15(13)16(11(3)4)23-27-18/h9,11-12H,5-8,10H2,1-4H3,(H,21,24)(H,25,26). The number of hydrogen-bond donors (Lipinski definition) is 2. The van der Waals surface area contributed by atoms with Crippen LogP contribution in [-0.2, 0) is 4.79 Å². The van der Waals surface area contributed by atoms with Crippen LogP contribution in [0.25, 0.3) is 11.1 Å². The molecular formula is C20H27N3O4. The van der Waals surface area contributed by atoms with Crippen LogP contribution in [0.4, 0.5) is 0 Å². The van der Waals surface area contributed by atoms with Crippen LogP contribution in [0.3, 0.4) is 0 Å². The summed E-state index contributed by atoms with van der Waals surface area (Å²) >= 11 is 0. The van der Waals surface area contributed by atoms with Gasteiger partial charge in [-0.15, -0.1) is 0 Å². The van der Waals surface area contributed by atoms with E-state index < -0.39 is 11.4 Å². The number of aromatic nitrogens is 2. The normalized spacial score (nSPS) is 14.7. The molecule has 7 nitrogen and oxygen atoms in total. The number of hydrogen-bond acceptors (Lipinski definition) is 5. The Morgan fingerprint density at radius 1 is 1.33 bits per heavy atom. The van der Waals surface area contributed by atoms with Gasteiger partial charge in [0.05, 0.1) is 22.1 Å². The molecule has 1 saturated carbocycles. The maximum absolute atomic E-state index is 13.0. The second kappa shape index (κ2) is 7.29. The summed E-state index contributed by atoms with van der Waals surface area (Å²) in [6.07, 6.45) is 3.00. The predicted molar refractivity (Wildman–Crippen MR) is 101 cm³/mol. The molecule has 0 atom stereocenters. The van der Waals surface area contributed by atoms with Gasteiger partial charge >= 0.3 is 5.97 Å². The second-order valence-electron chi connectivity index (χ2n) is 7.75. The smallest absolute Gasteiger partial charge is 0.311 e. The molecule has 2 aromatic rings. The Kier molecular flexibility index (Phi) is 5.22. The number of carboxylic acid groups (broad SMARTS) is 1. The Morgan fingerprint density at radius 2 is 2.00 bits per heavy atom. The summed E-state index contributed by atoms with van der Waals surface area (Å²) in [5.74, 6) is -0.755. The van der Waals surface area contributed by atoms with Gasteiger partial charge in [-0.25, -0.2) is 4.98 Å². The molecule has 3 rings (SSSR count). The van der Waals surface area contributed by atoms with Gasteiger partial charge in [-0.2, -0.15) is 0 Å². The molecule has 0 aliphatic heterocycles. The zero-order valence-corrected chi connectivity index (χ0v) is 16.3. The van der Waals surface area contributed by atoms with Crippen molar-refractivity contribution in [2.45, 2.75) is 65.2 Å². The van der Waals surface area contributed by atoms with E-state index in [2.05, 4.69) is 15.5 Å². The average Bonchev–Trinajstić information content (AvgIpc) is 3.40. The lowest BCUT2D eigenvalue weighted by molar-refractivity contribution is -0.149. The second-order valence-corrected chi connectivity index (χ2v) is 7.75. The van der Waals surface area contributed by atoms with E-state index in [9.17, 15) is 14.7 Å². The number of nitrogens with one attached hydrogen (secondary N) is 1. The number of amides is 1. The lowest BCUT2D eigenvalue weighted by atomic mass is 9.82. The van der Waals surface area contributed by atoms with Gasteiger partial charge in [0.25, 0.3) is 11.6 Å². The van der Waals surface area contributed by atoms with Crippen LogP contribution in [0.1, 0.15) is 87.0 Å². The first-order valence-corrected chi connectivity index (χ1v) is 9.64. The van der Waals surface area contributed by atoms with Crippen LogP contribution >= 0.6 is 0 Å². The maximum Gasteiger partial charge on any atom is 0.311 e. The topological polar surface area (TPSA) is 105 Å². The molecule has 0 bridgehead atoms.